The Kier molecular flexibility index (Phi) is 5.58. The third kappa shape index (κ3) is 3.66. The van der Waals surface area contributed by atoms with E-state index in [-0.39, 0.29) is 5.97 Å². The van der Waals surface area contributed by atoms with E-state index in [0.29, 0.717) is 5.25 Å². The van der Waals surface area contributed by atoms with Gasteiger partial charge in [-0.15, -0.1) is 0 Å². The van der Waals surface area contributed by atoms with E-state index in [0.717, 1.165) is 24.5 Å². The number of carbonyl (C=O) groups is 1. The number of ether oxygens (including phenoxy) is 1. The average Bonchev–Trinajstić information content (AvgIpc) is 2.47. The Morgan fingerprint density at radius 3 is 2.47 bits per heavy atom. The van der Waals surface area contributed by atoms with Crippen molar-refractivity contribution in [2.24, 2.45) is 0 Å². The van der Waals surface area contributed by atoms with E-state index >= 15 is 0 Å². The van der Waals surface area contributed by atoms with Crippen LogP contribution < -0.4 is 5.32 Å². The number of thioether (sulfide) groups is 1. The number of hydrogen-bond acceptors (Lipinski definition) is 4. The maximum absolute atomic E-state index is 12.1. The smallest absolute Gasteiger partial charge is 0.326 e. The number of likely N-dealkylation sites (N-methyl/N-ethyl adjacent to an activating group) is 1. The van der Waals surface area contributed by atoms with Gasteiger partial charge in [-0.2, -0.15) is 11.8 Å². The van der Waals surface area contributed by atoms with Crippen LogP contribution in [0.25, 0.3) is 0 Å². The number of rotatable bonds is 4. The van der Waals surface area contributed by atoms with Gasteiger partial charge in [0.2, 0.25) is 0 Å². The number of esters is 1. The lowest BCUT2D eigenvalue weighted by Gasteiger charge is -2.39. The summed E-state index contributed by atoms with van der Waals surface area (Å²) in [5.74, 6) is -0.0797. The van der Waals surface area contributed by atoms with Gasteiger partial charge >= 0.3 is 5.97 Å². The van der Waals surface area contributed by atoms with Crippen LogP contribution >= 0.6 is 11.8 Å². The zero-order chi connectivity index (χ0) is 13.7. The first-order chi connectivity index (χ1) is 9.20. The molecule has 1 N–H and O–H groups in total. The van der Waals surface area contributed by atoms with Gasteiger partial charge in [-0.3, -0.25) is 4.79 Å². The van der Waals surface area contributed by atoms with Crippen LogP contribution in [0.2, 0.25) is 0 Å². The molecule has 4 heteroatoms. The van der Waals surface area contributed by atoms with Gasteiger partial charge in [-0.05, 0) is 45.6 Å². The molecule has 0 heterocycles. The van der Waals surface area contributed by atoms with Gasteiger partial charge in [0, 0.05) is 10.5 Å². The lowest BCUT2D eigenvalue weighted by Crippen LogP contribution is -2.54. The monoisotopic (exact) mass is 285 g/mol. The molecule has 2 aliphatic carbocycles. The van der Waals surface area contributed by atoms with Crippen molar-refractivity contribution in [1.82, 2.24) is 5.32 Å². The molecular weight excluding hydrogens is 258 g/mol. The van der Waals surface area contributed by atoms with E-state index < -0.39 is 5.54 Å². The van der Waals surface area contributed by atoms with Gasteiger partial charge in [0.15, 0.2) is 0 Å². The van der Waals surface area contributed by atoms with Gasteiger partial charge in [-0.25, -0.2) is 0 Å². The third-order valence-electron chi connectivity index (χ3n) is 4.70. The first-order valence-corrected chi connectivity index (χ1v) is 8.57. The molecule has 2 rings (SSSR count). The lowest BCUT2D eigenvalue weighted by molar-refractivity contribution is -0.149. The quantitative estimate of drug-likeness (QED) is 0.805. The van der Waals surface area contributed by atoms with Gasteiger partial charge in [-0.1, -0.05) is 19.3 Å². The molecule has 0 radical (unpaired) electrons. The fourth-order valence-electron chi connectivity index (χ4n) is 3.52. The zero-order valence-electron chi connectivity index (χ0n) is 12.2. The summed E-state index contributed by atoms with van der Waals surface area (Å²) in [6.45, 7) is 0. The molecule has 0 amide bonds. The first-order valence-electron chi connectivity index (χ1n) is 7.63. The van der Waals surface area contributed by atoms with Crippen LogP contribution in [0, 0.1) is 0 Å². The normalized spacial score (nSPS) is 33.1. The second-order valence-corrected chi connectivity index (χ2v) is 7.54. The van der Waals surface area contributed by atoms with Crippen LogP contribution in [0.3, 0.4) is 0 Å². The van der Waals surface area contributed by atoms with Crippen LogP contribution in [0.5, 0.6) is 0 Å². The molecule has 0 aromatic heterocycles. The summed E-state index contributed by atoms with van der Waals surface area (Å²) in [6.07, 6.45) is 11.1. The highest BCUT2D eigenvalue weighted by atomic mass is 32.2. The molecule has 19 heavy (non-hydrogen) atoms. The van der Waals surface area contributed by atoms with Crippen molar-refractivity contribution >= 4 is 17.7 Å². The molecule has 2 saturated carbocycles. The predicted molar refractivity (Wildman–Crippen MR) is 80.5 cm³/mol. The summed E-state index contributed by atoms with van der Waals surface area (Å²) < 4.78 is 5.01. The molecule has 0 saturated heterocycles. The molecule has 2 unspecified atom stereocenters. The molecular formula is C15H27NO2S. The largest absolute Gasteiger partial charge is 0.468 e. The Morgan fingerprint density at radius 1 is 1.16 bits per heavy atom. The topological polar surface area (TPSA) is 38.3 Å². The van der Waals surface area contributed by atoms with Crippen molar-refractivity contribution in [3.8, 4) is 0 Å². The highest BCUT2D eigenvalue weighted by Crippen LogP contribution is 2.40. The Balaban J connectivity index is 1.93. The molecule has 110 valence electrons. The Morgan fingerprint density at radius 2 is 1.84 bits per heavy atom. The minimum atomic E-state index is -0.431. The summed E-state index contributed by atoms with van der Waals surface area (Å²) >= 11 is 2.14. The summed E-state index contributed by atoms with van der Waals surface area (Å²) in [5.41, 5.74) is -0.431. The number of hydrogen-bond donors (Lipinski definition) is 1. The van der Waals surface area contributed by atoms with Crippen molar-refractivity contribution in [3.63, 3.8) is 0 Å². The third-order valence-corrected chi connectivity index (χ3v) is 6.34. The Bertz CT molecular complexity index is 305. The highest BCUT2D eigenvalue weighted by Gasteiger charge is 2.43. The van der Waals surface area contributed by atoms with Crippen LogP contribution in [0.1, 0.15) is 57.8 Å². The maximum Gasteiger partial charge on any atom is 0.326 e. The van der Waals surface area contributed by atoms with Crippen LogP contribution in [0.4, 0.5) is 0 Å². The predicted octanol–water partition coefficient (Wildman–Crippen LogP) is 3.13. The van der Waals surface area contributed by atoms with E-state index in [9.17, 15) is 4.79 Å². The van der Waals surface area contributed by atoms with Gasteiger partial charge in [0.05, 0.1) is 7.11 Å². The second-order valence-electron chi connectivity index (χ2n) is 5.94. The molecule has 0 spiro atoms. The summed E-state index contributed by atoms with van der Waals surface area (Å²) in [5, 5.41) is 4.68. The lowest BCUT2D eigenvalue weighted by atomic mass is 9.81. The van der Waals surface area contributed by atoms with E-state index in [1.165, 1.54) is 45.6 Å². The molecule has 2 atom stereocenters. The number of carbonyl (C=O) groups excluding carboxylic acids is 1. The molecule has 0 bridgehead atoms. The Labute approximate surface area is 121 Å². The van der Waals surface area contributed by atoms with Gasteiger partial charge < -0.3 is 10.1 Å². The van der Waals surface area contributed by atoms with Gasteiger partial charge in [0.25, 0.3) is 0 Å². The fraction of sp³-hybridized carbons (Fsp3) is 0.933. The molecule has 3 nitrogen and oxygen atoms in total. The van der Waals surface area contributed by atoms with Crippen LogP contribution in [0.15, 0.2) is 0 Å². The first kappa shape index (κ1) is 15.2. The van der Waals surface area contributed by atoms with E-state index in [1.54, 1.807) is 0 Å². The van der Waals surface area contributed by atoms with Crippen LogP contribution in [-0.2, 0) is 9.53 Å². The zero-order valence-corrected chi connectivity index (χ0v) is 13.1. The van der Waals surface area contributed by atoms with Crippen molar-refractivity contribution < 1.29 is 9.53 Å². The maximum atomic E-state index is 12.1. The van der Waals surface area contributed by atoms with E-state index in [4.69, 9.17) is 4.74 Å². The molecule has 2 aliphatic rings. The molecule has 0 aromatic carbocycles. The average molecular weight is 285 g/mol. The minimum absolute atomic E-state index is 0.0797. The van der Waals surface area contributed by atoms with E-state index in [1.807, 2.05) is 7.05 Å². The minimum Gasteiger partial charge on any atom is -0.468 e. The second kappa shape index (κ2) is 6.98. The standard InChI is InChI=1S/C15H27NO2S/c1-16-15(14(17)18-2)10-6-9-13(11-15)19-12-7-4-3-5-8-12/h12-13,16H,3-11H2,1-2H3. The molecule has 0 aromatic rings. The summed E-state index contributed by atoms with van der Waals surface area (Å²) in [4.78, 5) is 12.1. The highest BCUT2D eigenvalue weighted by molar-refractivity contribution is 8.00. The summed E-state index contributed by atoms with van der Waals surface area (Å²) in [6, 6.07) is 0. The molecule has 2 fully saturated rings. The molecule has 0 aliphatic heterocycles. The SMILES string of the molecule is CNC1(C(=O)OC)CCCC(SC2CCCCC2)C1. The van der Waals surface area contributed by atoms with Crippen molar-refractivity contribution in [2.45, 2.75) is 73.8 Å². The number of nitrogens with one attached hydrogen (secondary N) is 1. The van der Waals surface area contributed by atoms with Crippen molar-refractivity contribution in [1.29, 1.82) is 0 Å². The fourth-order valence-corrected chi connectivity index (χ4v) is 5.36. The van der Waals surface area contributed by atoms with Gasteiger partial charge in [0.1, 0.15) is 5.54 Å². The van der Waals surface area contributed by atoms with Crippen molar-refractivity contribution in [3.05, 3.63) is 0 Å². The van der Waals surface area contributed by atoms with E-state index in [2.05, 4.69) is 17.1 Å². The van der Waals surface area contributed by atoms with Crippen molar-refractivity contribution in [2.75, 3.05) is 14.2 Å². The summed E-state index contributed by atoms with van der Waals surface area (Å²) in [7, 11) is 3.39. The van der Waals surface area contributed by atoms with Crippen LogP contribution in [-0.4, -0.2) is 36.2 Å². The number of methoxy groups -OCH3 is 1. The Hall–Kier alpha value is -0.220.